The van der Waals surface area contributed by atoms with Crippen molar-refractivity contribution in [1.29, 1.82) is 0 Å². The van der Waals surface area contributed by atoms with Crippen LogP contribution >= 0.6 is 0 Å². The summed E-state index contributed by atoms with van der Waals surface area (Å²) in [4.78, 5) is 1.86. The molecule has 0 bridgehead atoms. The van der Waals surface area contributed by atoms with Crippen molar-refractivity contribution in [1.82, 2.24) is 0 Å². The molecule has 5 rings (SSSR count). The number of rotatable bonds is 14. The monoisotopic (exact) mass is 773 g/mol. The van der Waals surface area contributed by atoms with Gasteiger partial charge in [-0.1, -0.05) is 44.7 Å². The smallest absolute Gasteiger partial charge is 0.294 e. The minimum absolute atomic E-state index is 0.197. The zero-order valence-electron chi connectivity index (χ0n) is 30.2. The van der Waals surface area contributed by atoms with Gasteiger partial charge in [0.1, 0.15) is 6.54 Å². The van der Waals surface area contributed by atoms with Crippen LogP contribution in [0.2, 0.25) is 0 Å². The van der Waals surface area contributed by atoms with Crippen molar-refractivity contribution < 1.29 is 43.5 Å². The first kappa shape index (κ1) is 39.8. The van der Waals surface area contributed by atoms with E-state index in [0.717, 1.165) is 58.7 Å². The van der Waals surface area contributed by atoms with Gasteiger partial charge in [-0.15, -0.1) is 0 Å². The Hall–Kier alpha value is -3.40. The molecule has 0 aromatic heterocycles. The molecule has 1 aliphatic carbocycles. The molecule has 3 aliphatic rings. The van der Waals surface area contributed by atoms with Gasteiger partial charge >= 0.3 is 0 Å². The lowest BCUT2D eigenvalue weighted by Crippen LogP contribution is -2.28. The van der Waals surface area contributed by atoms with Crippen LogP contribution in [0.5, 0.6) is 0 Å². The van der Waals surface area contributed by atoms with Crippen LogP contribution < -0.4 is 4.90 Å². The molecule has 2 heterocycles. The number of anilines is 1. The predicted molar refractivity (Wildman–Crippen MR) is 205 cm³/mol. The maximum atomic E-state index is 12.0. The molecule has 2 aromatic carbocycles. The molecule has 2 aromatic rings. The van der Waals surface area contributed by atoms with Gasteiger partial charge in [0.05, 0.1) is 21.8 Å². The second-order valence-corrected chi connectivity index (χ2v) is 19.4. The highest BCUT2D eigenvalue weighted by atomic mass is 32.2. The van der Waals surface area contributed by atoms with Gasteiger partial charge in [-0.05, 0) is 105 Å². The van der Waals surface area contributed by atoms with Gasteiger partial charge in [0.2, 0.25) is 5.69 Å². The first-order valence-electron chi connectivity index (χ1n) is 17.5. The molecule has 2 aliphatic heterocycles. The summed E-state index contributed by atoms with van der Waals surface area (Å²) in [6.07, 6.45) is 12.5. The van der Waals surface area contributed by atoms with E-state index in [2.05, 4.69) is 54.2 Å². The van der Waals surface area contributed by atoms with E-state index in [9.17, 15) is 38.9 Å². The number of benzene rings is 2. The summed E-state index contributed by atoms with van der Waals surface area (Å²) in [7, 11) is -12.6. The van der Waals surface area contributed by atoms with Crippen LogP contribution in [0, 0.1) is 0 Å². The maximum absolute atomic E-state index is 12.0. The van der Waals surface area contributed by atoms with Gasteiger partial charge in [-0.2, -0.15) is 29.8 Å². The zero-order valence-corrected chi connectivity index (χ0v) is 32.6. The average Bonchev–Trinajstić information content (AvgIpc) is 3.40. The lowest BCUT2D eigenvalue weighted by atomic mass is 9.76. The van der Waals surface area contributed by atoms with E-state index in [0.29, 0.717) is 32.4 Å². The quantitative estimate of drug-likeness (QED) is 0.103. The van der Waals surface area contributed by atoms with Gasteiger partial charge < -0.3 is 4.90 Å². The van der Waals surface area contributed by atoms with E-state index in [1.807, 2.05) is 32.1 Å². The number of nitrogens with zero attached hydrogens (tertiary/aromatic N) is 2. The Balaban J connectivity index is 1.50. The topological polar surface area (TPSA) is 169 Å². The molecule has 0 atom stereocenters. The van der Waals surface area contributed by atoms with Crippen molar-refractivity contribution in [3.05, 3.63) is 95.2 Å². The second-order valence-electron chi connectivity index (χ2n) is 14.8. The van der Waals surface area contributed by atoms with E-state index in [1.165, 1.54) is 23.3 Å². The third-order valence-electron chi connectivity index (χ3n) is 10.4. The fourth-order valence-electron chi connectivity index (χ4n) is 7.94. The number of unbranched alkanes of at least 4 members (excludes halogenated alkanes) is 2. The van der Waals surface area contributed by atoms with Crippen molar-refractivity contribution in [2.24, 2.45) is 0 Å². The van der Waals surface area contributed by atoms with Crippen molar-refractivity contribution in [2.45, 2.75) is 88.4 Å². The highest BCUT2D eigenvalue weighted by Gasteiger charge is 2.46. The number of hydrogen-bond donors (Lipinski definition) is 3. The largest absolute Gasteiger partial charge is 0.344 e. The van der Waals surface area contributed by atoms with Crippen molar-refractivity contribution >= 4 is 53.0 Å². The summed E-state index contributed by atoms with van der Waals surface area (Å²) < 4.78 is 99.8. The van der Waals surface area contributed by atoms with Crippen LogP contribution in [-0.4, -0.2) is 73.8 Å². The molecule has 0 radical (unpaired) electrons. The van der Waals surface area contributed by atoms with Crippen molar-refractivity contribution in [3.63, 3.8) is 0 Å². The van der Waals surface area contributed by atoms with Crippen LogP contribution in [0.15, 0.2) is 83.4 Å². The summed E-state index contributed by atoms with van der Waals surface area (Å²) in [6, 6.07) is 10.8. The molecule has 14 heteroatoms. The van der Waals surface area contributed by atoms with Crippen LogP contribution in [0.1, 0.15) is 89.3 Å². The molecule has 0 saturated carbocycles. The van der Waals surface area contributed by atoms with Gasteiger partial charge in [-0.25, -0.2) is 0 Å². The number of allylic oxidation sites excluding steroid dienone is 7. The third kappa shape index (κ3) is 8.53. The molecular formula is C38H49N2O9S3+. The molecule has 11 nitrogen and oxygen atoms in total. The predicted octanol–water partition coefficient (Wildman–Crippen LogP) is 7.01. The van der Waals surface area contributed by atoms with Crippen molar-refractivity contribution in [3.8, 4) is 0 Å². The Bertz CT molecular complexity index is 2230. The molecular weight excluding hydrogens is 725 g/mol. The molecule has 282 valence electrons. The molecule has 0 saturated heterocycles. The summed E-state index contributed by atoms with van der Waals surface area (Å²) in [5, 5.41) is 0. The van der Waals surface area contributed by atoms with E-state index in [4.69, 9.17) is 0 Å². The van der Waals surface area contributed by atoms with E-state index in [-0.39, 0.29) is 28.2 Å². The van der Waals surface area contributed by atoms with Crippen molar-refractivity contribution in [2.75, 3.05) is 29.5 Å². The van der Waals surface area contributed by atoms with Gasteiger partial charge in [0.15, 0.2) is 5.71 Å². The summed E-state index contributed by atoms with van der Waals surface area (Å²) >= 11 is 0. The SMILES string of the molecule is C=CC1=[N+](CCCCS(=O)(=O)O)c2cccc(C3=C/C(=C/C=C4/N(CCCCS(=O)(=O)O)c5ccc(S(=O)(=O)O)cc5C4(C)C)CCC3)c2C1(C)C. The molecule has 3 N–H and O–H groups in total. The zero-order chi connectivity index (χ0) is 38.3. The highest BCUT2D eigenvalue weighted by Crippen LogP contribution is 2.49. The Kier molecular flexibility index (Phi) is 11.3. The molecule has 0 amide bonds. The Morgan fingerprint density at radius 1 is 0.846 bits per heavy atom. The third-order valence-corrected chi connectivity index (χ3v) is 12.8. The lowest BCUT2D eigenvalue weighted by Gasteiger charge is -2.27. The molecule has 0 fully saturated rings. The highest BCUT2D eigenvalue weighted by molar-refractivity contribution is 7.86. The fourth-order valence-corrected chi connectivity index (χ4v) is 9.58. The molecule has 52 heavy (non-hydrogen) atoms. The summed E-state index contributed by atoms with van der Waals surface area (Å²) in [5.74, 6) is -0.632. The first-order valence-corrected chi connectivity index (χ1v) is 22.1. The first-order chi connectivity index (χ1) is 24.1. The minimum Gasteiger partial charge on any atom is -0.344 e. The number of fused-ring (bicyclic) bond motifs is 2. The standard InChI is InChI=1S/C38H48N2O9S3/c1-6-34-38(4,5)36-30(15-12-16-33(36)40(34)22-8-10-24-51(44,45)46)28-14-11-13-27(25-28)17-20-35-37(2,3)31-26-29(52(47,48)49)18-19-32(31)39(35)21-7-9-23-50(41,42)43/h6,12,15-20,25-26H,1,7-11,13-14,21-24H2,2-5H3,(H2-,41,42,43,44,45,46,47,48,49)/p+1/b27-17+,35-20+. The van der Waals surface area contributed by atoms with E-state index < -0.39 is 35.8 Å². The van der Waals surface area contributed by atoms with Crippen LogP contribution in [0.3, 0.4) is 0 Å². The fraction of sp³-hybridized carbons (Fsp3) is 0.447. The number of hydrogen-bond acceptors (Lipinski definition) is 7. The minimum atomic E-state index is -4.43. The van der Waals surface area contributed by atoms with Gasteiger partial charge in [-0.3, -0.25) is 13.7 Å². The van der Waals surface area contributed by atoms with Crippen LogP contribution in [0.25, 0.3) is 5.57 Å². The average molecular weight is 774 g/mol. The van der Waals surface area contributed by atoms with Crippen LogP contribution in [-0.2, 0) is 41.2 Å². The second kappa shape index (κ2) is 14.8. The molecule has 0 spiro atoms. The van der Waals surface area contributed by atoms with Crippen LogP contribution in [0.4, 0.5) is 11.4 Å². The summed E-state index contributed by atoms with van der Waals surface area (Å²) in [6.45, 7) is 13.5. The normalized spacial score (nSPS) is 20.0. The maximum Gasteiger partial charge on any atom is 0.294 e. The lowest BCUT2D eigenvalue weighted by molar-refractivity contribution is -0.438. The Morgan fingerprint density at radius 2 is 1.52 bits per heavy atom. The van der Waals surface area contributed by atoms with E-state index in [1.54, 1.807) is 6.07 Å². The Morgan fingerprint density at radius 3 is 2.15 bits per heavy atom. The molecule has 0 unspecified atom stereocenters. The van der Waals surface area contributed by atoms with Gasteiger partial charge in [0, 0.05) is 41.4 Å². The summed E-state index contributed by atoms with van der Waals surface area (Å²) in [5.41, 5.74) is 8.12. The van der Waals surface area contributed by atoms with E-state index >= 15 is 0 Å². The Labute approximate surface area is 308 Å². The van der Waals surface area contributed by atoms with Gasteiger partial charge in [0.25, 0.3) is 30.4 Å².